The molecule has 0 saturated heterocycles. The zero-order valence-corrected chi connectivity index (χ0v) is 42.1. The number of aliphatic hydroxyl groups is 1. The van der Waals surface area contributed by atoms with E-state index in [1.54, 1.807) is 47.9 Å². The van der Waals surface area contributed by atoms with Crippen LogP contribution in [0.5, 0.6) is 0 Å². The number of ketones is 1. The van der Waals surface area contributed by atoms with Crippen molar-refractivity contribution in [1.29, 1.82) is 0 Å². The highest BCUT2D eigenvalue weighted by molar-refractivity contribution is 6.12. The number of ether oxygens (including phenoxy) is 2. The third kappa shape index (κ3) is 11.7. The number of Topliss-reactive ketones (excluding diaryl/α,β-unsaturated/α-hetero) is 1. The number of carbonyl (C=O) groups excluding carboxylic acids is 9. The fourth-order valence-electron chi connectivity index (χ4n) is 10.2. The molecule has 0 radical (unpaired) electrons. The molecule has 0 unspecified atom stereocenters. The molecule has 0 saturated carbocycles. The monoisotopic (exact) mass is 1030 g/mol. The average Bonchev–Trinajstić information content (AvgIpc) is 3.98. The van der Waals surface area contributed by atoms with E-state index in [0.29, 0.717) is 49.1 Å². The van der Waals surface area contributed by atoms with Crippen molar-refractivity contribution in [3.63, 3.8) is 0 Å². The van der Waals surface area contributed by atoms with Crippen molar-refractivity contribution < 1.29 is 57.7 Å². The summed E-state index contributed by atoms with van der Waals surface area (Å²) < 4.78 is 12.4. The first-order chi connectivity index (χ1) is 36.0. The molecule has 2 aromatic heterocycles. The lowest BCUT2D eigenvalue weighted by molar-refractivity contribution is -0.172. The number of nitrogens with zero attached hydrogens (tertiary/aromatic N) is 3. The Morgan fingerprint density at radius 2 is 1.56 bits per heavy atom. The molecule has 21 heteroatoms. The number of rotatable bonds is 23. The van der Waals surface area contributed by atoms with Crippen molar-refractivity contribution in [2.24, 2.45) is 0 Å². The number of aromatic nitrogens is 2. The number of carbonyl (C=O) groups is 9. The third-order valence-electron chi connectivity index (χ3n) is 14.4. The number of benzene rings is 2. The molecule has 1 aliphatic carbocycles. The molecule has 3 atom stereocenters. The summed E-state index contributed by atoms with van der Waals surface area (Å²) in [6.45, 7) is 3.87. The van der Waals surface area contributed by atoms with Gasteiger partial charge < -0.3 is 45.7 Å². The fourth-order valence-corrected chi connectivity index (χ4v) is 10.2. The molecule has 3 aliphatic heterocycles. The van der Waals surface area contributed by atoms with Crippen LogP contribution in [0.3, 0.4) is 0 Å². The quantitative estimate of drug-likeness (QED) is 0.0233. The highest BCUT2D eigenvalue weighted by Gasteiger charge is 2.46. The Bertz CT molecular complexity index is 3080. The molecule has 8 rings (SSSR count). The van der Waals surface area contributed by atoms with Gasteiger partial charge in [-0.15, -0.1) is 0 Å². The second-order valence-electron chi connectivity index (χ2n) is 19.3. The van der Waals surface area contributed by atoms with Crippen LogP contribution in [-0.4, -0.2) is 118 Å². The van der Waals surface area contributed by atoms with Crippen molar-refractivity contribution in [3.05, 3.63) is 109 Å². The van der Waals surface area contributed by atoms with Crippen LogP contribution in [0.1, 0.15) is 102 Å². The summed E-state index contributed by atoms with van der Waals surface area (Å²) in [5, 5.41) is 24.9. The SMILES string of the molecule is CC[C@@]1(O)C(=O)OCc2c1cc1n(c2=O)Cc2c-1nc1cc(C)c(C)c3c1c2[C@@H](CC(=O)COCNC(=O)CNC(=O)[C@H](Cc1ccccc1)NC(=O)CNC(=O)CNC(=O)CCCCCN1C(=O)C=CC1=O)CC3. The van der Waals surface area contributed by atoms with Gasteiger partial charge in [0.25, 0.3) is 17.4 Å². The minimum Gasteiger partial charge on any atom is -0.458 e. The standard InChI is InChI=1S/C54H60N8O13/c1-4-54(73)38-22-41-50-36(26-62(41)52(71)37(38)28-75-53(54)72)48-33(14-15-35-31(3)30(2)19-39(60-50)49(35)48)21-34(63)27-74-29-58-44(66)24-57-51(70)40(20-32-11-7-5-8-12-32)59-45(67)25-56-43(65)23-55-42(64)13-9-6-10-18-61-46(68)16-17-47(61)69/h5,7-8,11-12,16-17,19,22,33,40,73H,4,6,9-10,13-15,18,20-21,23-29H2,1-3H3,(H,55,64)(H,56,65)(H,57,70)(H,58,66)(H,59,67)/t33-,40+,54+/m1/s1. The first kappa shape index (κ1) is 53.4. The Morgan fingerprint density at radius 1 is 0.853 bits per heavy atom. The second kappa shape index (κ2) is 23.1. The number of pyridine rings is 2. The number of nitrogens with one attached hydrogen (secondary N) is 5. The summed E-state index contributed by atoms with van der Waals surface area (Å²) in [6.07, 6.45) is 5.64. The molecule has 7 amide bonds. The number of hydrogen-bond donors (Lipinski definition) is 6. The topological polar surface area (TPSA) is 291 Å². The molecular formula is C54H60N8O13. The average molecular weight is 1030 g/mol. The van der Waals surface area contributed by atoms with Gasteiger partial charge in [0.15, 0.2) is 11.4 Å². The van der Waals surface area contributed by atoms with Gasteiger partial charge in [0.1, 0.15) is 26.0 Å². The zero-order chi connectivity index (χ0) is 53.6. The van der Waals surface area contributed by atoms with E-state index < -0.39 is 66.8 Å². The van der Waals surface area contributed by atoms with E-state index in [-0.39, 0.29) is 98.9 Å². The normalized spacial score (nSPS) is 17.4. The predicted molar refractivity (Wildman–Crippen MR) is 269 cm³/mol. The van der Waals surface area contributed by atoms with Gasteiger partial charge in [-0.05, 0) is 91.8 Å². The molecule has 2 aromatic carbocycles. The third-order valence-corrected chi connectivity index (χ3v) is 14.4. The number of fused-ring (bicyclic) bond motifs is 5. The summed E-state index contributed by atoms with van der Waals surface area (Å²) in [5.74, 6) is -5.06. The molecule has 6 N–H and O–H groups in total. The molecule has 75 heavy (non-hydrogen) atoms. The van der Waals surface area contributed by atoms with E-state index in [1.807, 2.05) is 13.0 Å². The van der Waals surface area contributed by atoms with Gasteiger partial charge in [0.2, 0.25) is 29.5 Å². The molecular weight excluding hydrogens is 969 g/mol. The van der Waals surface area contributed by atoms with Crippen molar-refractivity contribution in [2.45, 2.75) is 109 Å². The first-order valence-corrected chi connectivity index (χ1v) is 25.1. The van der Waals surface area contributed by atoms with E-state index in [1.165, 1.54) is 12.2 Å². The van der Waals surface area contributed by atoms with Gasteiger partial charge in [-0.2, -0.15) is 0 Å². The molecule has 5 heterocycles. The van der Waals surface area contributed by atoms with Gasteiger partial charge in [-0.3, -0.25) is 48.1 Å². The lowest BCUT2D eigenvalue weighted by Gasteiger charge is -2.31. The van der Waals surface area contributed by atoms with E-state index in [0.717, 1.165) is 43.6 Å². The van der Waals surface area contributed by atoms with Gasteiger partial charge in [-0.1, -0.05) is 43.7 Å². The maximum atomic E-state index is 14.0. The van der Waals surface area contributed by atoms with Crippen molar-refractivity contribution in [2.75, 3.05) is 39.5 Å². The minimum atomic E-state index is -1.98. The highest BCUT2D eigenvalue weighted by atomic mass is 16.6. The molecule has 0 bridgehead atoms. The Morgan fingerprint density at radius 3 is 2.31 bits per heavy atom. The van der Waals surface area contributed by atoms with Gasteiger partial charge in [-0.25, -0.2) is 9.78 Å². The van der Waals surface area contributed by atoms with Crippen LogP contribution >= 0.6 is 0 Å². The van der Waals surface area contributed by atoms with Crippen molar-refractivity contribution in [1.82, 2.24) is 41.0 Å². The van der Waals surface area contributed by atoms with E-state index in [4.69, 9.17) is 14.5 Å². The molecule has 0 spiro atoms. The fraction of sp³-hybridized carbons (Fsp3) is 0.426. The molecule has 394 valence electrons. The zero-order valence-electron chi connectivity index (χ0n) is 42.1. The van der Waals surface area contributed by atoms with Crippen LogP contribution in [-0.2, 0) is 84.2 Å². The Kier molecular flexibility index (Phi) is 16.4. The predicted octanol–water partition coefficient (Wildman–Crippen LogP) is 1.34. The Balaban J connectivity index is 0.805. The minimum absolute atomic E-state index is 0.00929. The van der Waals surface area contributed by atoms with Gasteiger partial charge in [0, 0.05) is 54.5 Å². The van der Waals surface area contributed by atoms with Crippen LogP contribution in [0.2, 0.25) is 0 Å². The Labute approximate surface area is 431 Å². The number of aryl methyl sites for hydroxylation is 2. The summed E-state index contributed by atoms with van der Waals surface area (Å²) in [7, 11) is 0. The van der Waals surface area contributed by atoms with Crippen LogP contribution in [0.15, 0.2) is 59.4 Å². The van der Waals surface area contributed by atoms with Crippen LogP contribution < -0.4 is 32.1 Å². The summed E-state index contributed by atoms with van der Waals surface area (Å²) >= 11 is 0. The number of cyclic esters (lactones) is 1. The van der Waals surface area contributed by atoms with E-state index in [2.05, 4.69) is 33.5 Å². The maximum absolute atomic E-state index is 14.0. The smallest absolute Gasteiger partial charge is 0.343 e. The van der Waals surface area contributed by atoms with Gasteiger partial charge >= 0.3 is 5.97 Å². The summed E-state index contributed by atoms with van der Waals surface area (Å²) in [5.41, 5.74) is 5.59. The van der Waals surface area contributed by atoms with E-state index in [9.17, 15) is 53.1 Å². The summed E-state index contributed by atoms with van der Waals surface area (Å²) in [6, 6.07) is 11.4. The van der Waals surface area contributed by atoms with Crippen molar-refractivity contribution in [3.8, 4) is 11.4 Å². The first-order valence-electron chi connectivity index (χ1n) is 25.1. The van der Waals surface area contributed by atoms with E-state index >= 15 is 0 Å². The molecule has 0 fully saturated rings. The van der Waals surface area contributed by atoms with Gasteiger partial charge in [0.05, 0.1) is 48.6 Å². The molecule has 21 nitrogen and oxygen atoms in total. The molecule has 4 aromatic rings. The number of unbranched alkanes of at least 4 members (excludes halogenated alkanes) is 2. The Hall–Kier alpha value is -7.91. The lowest BCUT2D eigenvalue weighted by Crippen LogP contribution is -2.52. The maximum Gasteiger partial charge on any atom is 0.343 e. The highest BCUT2D eigenvalue weighted by Crippen LogP contribution is 2.47. The summed E-state index contributed by atoms with van der Waals surface area (Å²) in [4.78, 5) is 134. The second-order valence-corrected chi connectivity index (χ2v) is 19.3. The van der Waals surface area contributed by atoms with Crippen LogP contribution in [0.4, 0.5) is 0 Å². The largest absolute Gasteiger partial charge is 0.458 e. The number of hydrogen-bond acceptors (Lipinski definition) is 14. The number of imide groups is 1. The molecule has 4 aliphatic rings. The number of amides is 7. The van der Waals surface area contributed by atoms with Crippen LogP contribution in [0.25, 0.3) is 22.3 Å². The lowest BCUT2D eigenvalue weighted by atomic mass is 9.76. The van der Waals surface area contributed by atoms with Crippen molar-refractivity contribution >= 4 is 64.0 Å². The van der Waals surface area contributed by atoms with Crippen LogP contribution in [0, 0.1) is 13.8 Å². The number of esters is 1.